The first kappa shape index (κ1) is 16.1. The van der Waals surface area contributed by atoms with Crippen LogP contribution in [-0.2, 0) is 9.59 Å². The summed E-state index contributed by atoms with van der Waals surface area (Å²) in [6.07, 6.45) is 1.89. The van der Waals surface area contributed by atoms with Gasteiger partial charge in [0.1, 0.15) is 11.5 Å². The fourth-order valence-corrected chi connectivity index (χ4v) is 1.82. The second-order valence-electron chi connectivity index (χ2n) is 4.04. The van der Waals surface area contributed by atoms with E-state index in [0.29, 0.717) is 10.0 Å². The molecule has 0 aliphatic heterocycles. The minimum absolute atomic E-state index is 0.207. The van der Waals surface area contributed by atoms with Crippen molar-refractivity contribution in [3.05, 3.63) is 70.7 Å². The zero-order valence-electron chi connectivity index (χ0n) is 11.2. The van der Waals surface area contributed by atoms with Crippen molar-refractivity contribution in [2.75, 3.05) is 0 Å². The van der Waals surface area contributed by atoms with Gasteiger partial charge in [0.25, 0.3) is 0 Å². The second-order valence-corrected chi connectivity index (χ2v) is 4.85. The normalized spacial score (nSPS) is 10.5. The Hall–Kier alpha value is -2.30. The zero-order chi connectivity index (χ0) is 15.9. The summed E-state index contributed by atoms with van der Waals surface area (Å²) in [4.78, 5) is 23.2. The molecule has 0 fully saturated rings. The number of hydrogen-bond acceptors (Lipinski definition) is 4. The predicted octanol–water partition coefficient (Wildman–Crippen LogP) is 4.06. The molecule has 6 heteroatoms. The van der Waals surface area contributed by atoms with Crippen LogP contribution >= 0.6 is 23.2 Å². The molecule has 0 N–H and O–H groups in total. The molecule has 2 rings (SSSR count). The van der Waals surface area contributed by atoms with E-state index < -0.39 is 11.9 Å². The van der Waals surface area contributed by atoms with Gasteiger partial charge < -0.3 is 9.47 Å². The first-order valence-corrected chi connectivity index (χ1v) is 6.92. The van der Waals surface area contributed by atoms with E-state index in [1.165, 1.54) is 12.1 Å². The van der Waals surface area contributed by atoms with Crippen molar-refractivity contribution in [1.82, 2.24) is 0 Å². The van der Waals surface area contributed by atoms with Crippen LogP contribution in [0.3, 0.4) is 0 Å². The minimum Gasteiger partial charge on any atom is -0.422 e. The Labute approximate surface area is 136 Å². The van der Waals surface area contributed by atoms with E-state index in [0.717, 1.165) is 12.2 Å². The number of rotatable bonds is 4. The molecule has 2 aromatic carbocycles. The number of hydrogen-bond donors (Lipinski definition) is 0. The molecule has 0 aromatic heterocycles. The first-order chi connectivity index (χ1) is 10.6. The Balaban J connectivity index is 1.94. The Kier molecular flexibility index (Phi) is 5.58. The Bertz CT molecular complexity index is 664. The average molecular weight is 337 g/mol. The van der Waals surface area contributed by atoms with Crippen LogP contribution in [0.1, 0.15) is 0 Å². The molecule has 0 heterocycles. The third-order valence-corrected chi connectivity index (χ3v) is 3.07. The molecule has 0 unspecified atom stereocenters. The van der Waals surface area contributed by atoms with Gasteiger partial charge in [-0.2, -0.15) is 0 Å². The number of benzene rings is 2. The van der Waals surface area contributed by atoms with Gasteiger partial charge in [-0.05, 0) is 24.3 Å². The highest BCUT2D eigenvalue weighted by molar-refractivity contribution is 6.32. The van der Waals surface area contributed by atoms with Crippen LogP contribution in [0.4, 0.5) is 0 Å². The Morgan fingerprint density at radius 2 is 1.09 bits per heavy atom. The van der Waals surface area contributed by atoms with E-state index in [4.69, 9.17) is 32.7 Å². The fraction of sp³-hybridized carbons (Fsp3) is 0. The molecular formula is C16H10Cl2O4. The van der Waals surface area contributed by atoms with Crippen molar-refractivity contribution in [2.24, 2.45) is 0 Å². The summed E-state index contributed by atoms with van der Waals surface area (Å²) in [5, 5.41) is 0.589. The van der Waals surface area contributed by atoms with Gasteiger partial charge in [0.2, 0.25) is 0 Å². The summed E-state index contributed by atoms with van der Waals surface area (Å²) in [5.41, 5.74) is 0. The largest absolute Gasteiger partial charge is 0.422 e. The summed E-state index contributed by atoms with van der Waals surface area (Å²) in [7, 11) is 0. The van der Waals surface area contributed by atoms with Crippen LogP contribution in [0.2, 0.25) is 10.0 Å². The molecule has 112 valence electrons. The third kappa shape index (κ3) is 4.62. The molecule has 0 radical (unpaired) electrons. The number of halogens is 2. The number of esters is 2. The molecule has 0 spiro atoms. The van der Waals surface area contributed by atoms with Gasteiger partial charge in [-0.15, -0.1) is 0 Å². The van der Waals surface area contributed by atoms with Gasteiger partial charge in [-0.25, -0.2) is 9.59 Å². The Morgan fingerprint density at radius 1 is 0.727 bits per heavy atom. The van der Waals surface area contributed by atoms with Crippen LogP contribution in [0.15, 0.2) is 60.7 Å². The first-order valence-electron chi connectivity index (χ1n) is 6.17. The molecule has 0 saturated heterocycles. The average Bonchev–Trinajstić information content (AvgIpc) is 2.50. The summed E-state index contributed by atoms with van der Waals surface area (Å²) in [5.74, 6) is -1.08. The zero-order valence-corrected chi connectivity index (χ0v) is 12.7. The highest BCUT2D eigenvalue weighted by atomic mass is 35.5. The molecule has 0 aliphatic rings. The van der Waals surface area contributed by atoms with E-state index in [2.05, 4.69) is 0 Å². The van der Waals surface area contributed by atoms with Crippen molar-refractivity contribution in [3.8, 4) is 11.5 Å². The molecule has 0 bridgehead atoms. The van der Waals surface area contributed by atoms with Crippen LogP contribution in [0, 0.1) is 0 Å². The van der Waals surface area contributed by atoms with Crippen molar-refractivity contribution in [3.63, 3.8) is 0 Å². The van der Waals surface area contributed by atoms with Crippen molar-refractivity contribution >= 4 is 35.1 Å². The summed E-state index contributed by atoms with van der Waals surface area (Å²) in [6, 6.07) is 13.0. The molecule has 0 saturated carbocycles. The number of para-hydroxylation sites is 2. The van der Waals surface area contributed by atoms with Gasteiger partial charge in [0.05, 0.1) is 10.0 Å². The quantitative estimate of drug-likeness (QED) is 0.480. The lowest BCUT2D eigenvalue weighted by Gasteiger charge is -2.03. The van der Waals surface area contributed by atoms with E-state index in [1.807, 2.05) is 0 Å². The van der Waals surface area contributed by atoms with Crippen LogP contribution in [0.25, 0.3) is 0 Å². The SMILES string of the molecule is O=C(/C=C/C(=O)Oc1ccccc1Cl)Oc1ccccc1Cl. The van der Waals surface area contributed by atoms with Gasteiger partial charge in [-0.3, -0.25) is 0 Å². The Morgan fingerprint density at radius 3 is 1.45 bits per heavy atom. The fourth-order valence-electron chi connectivity index (χ4n) is 1.48. The minimum atomic E-state index is -0.746. The van der Waals surface area contributed by atoms with Crippen LogP contribution in [-0.4, -0.2) is 11.9 Å². The van der Waals surface area contributed by atoms with Crippen LogP contribution < -0.4 is 9.47 Å². The van der Waals surface area contributed by atoms with Crippen LogP contribution in [0.5, 0.6) is 11.5 Å². The molecule has 0 atom stereocenters. The van der Waals surface area contributed by atoms with Gasteiger partial charge >= 0.3 is 11.9 Å². The van der Waals surface area contributed by atoms with E-state index in [-0.39, 0.29) is 11.5 Å². The monoisotopic (exact) mass is 336 g/mol. The van der Waals surface area contributed by atoms with Gasteiger partial charge in [-0.1, -0.05) is 47.5 Å². The smallest absolute Gasteiger partial charge is 0.336 e. The second kappa shape index (κ2) is 7.64. The molecule has 4 nitrogen and oxygen atoms in total. The van der Waals surface area contributed by atoms with E-state index >= 15 is 0 Å². The maximum absolute atomic E-state index is 11.6. The lowest BCUT2D eigenvalue weighted by Crippen LogP contribution is -2.08. The molecule has 0 aliphatic carbocycles. The molecule has 0 amide bonds. The number of carbonyl (C=O) groups excluding carboxylic acids is 2. The topological polar surface area (TPSA) is 52.6 Å². The van der Waals surface area contributed by atoms with Crippen molar-refractivity contribution < 1.29 is 19.1 Å². The van der Waals surface area contributed by atoms with E-state index in [9.17, 15) is 9.59 Å². The third-order valence-electron chi connectivity index (χ3n) is 2.45. The maximum atomic E-state index is 11.6. The summed E-state index contributed by atoms with van der Waals surface area (Å²) < 4.78 is 9.96. The standard InChI is InChI=1S/C16H10Cl2O4/c17-11-5-1-3-7-13(11)21-15(19)9-10-16(20)22-14-8-4-2-6-12(14)18/h1-10H/b10-9+. The highest BCUT2D eigenvalue weighted by Gasteiger charge is 2.07. The summed E-state index contributed by atoms with van der Waals surface area (Å²) >= 11 is 11.7. The number of carbonyl (C=O) groups is 2. The number of ether oxygens (including phenoxy) is 2. The highest BCUT2D eigenvalue weighted by Crippen LogP contribution is 2.24. The molecule has 22 heavy (non-hydrogen) atoms. The lowest BCUT2D eigenvalue weighted by molar-refractivity contribution is -0.131. The predicted molar refractivity (Wildman–Crippen MR) is 83.3 cm³/mol. The van der Waals surface area contributed by atoms with Gasteiger partial charge in [0.15, 0.2) is 0 Å². The van der Waals surface area contributed by atoms with Crippen molar-refractivity contribution in [2.45, 2.75) is 0 Å². The van der Waals surface area contributed by atoms with Gasteiger partial charge in [0, 0.05) is 12.2 Å². The summed E-state index contributed by atoms with van der Waals surface area (Å²) in [6.45, 7) is 0. The molecule has 2 aromatic rings. The van der Waals surface area contributed by atoms with Crippen molar-refractivity contribution in [1.29, 1.82) is 0 Å². The maximum Gasteiger partial charge on any atom is 0.336 e. The van der Waals surface area contributed by atoms with E-state index in [1.54, 1.807) is 36.4 Å². The lowest BCUT2D eigenvalue weighted by atomic mass is 10.3. The molecular weight excluding hydrogens is 327 g/mol.